The Bertz CT molecular complexity index is 889. The molecule has 7 nitrogen and oxygen atoms in total. The van der Waals surface area contributed by atoms with Gasteiger partial charge < -0.3 is 0 Å². The molecule has 0 aliphatic carbocycles. The standard InChI is InChI=1S/C18H21N3O4S/c1-15-6-8-17(9-7-15)26(24,25)20-12-10-19(11-13-20)14-16-4-2-3-5-18(16)21(22)23/h2-9H,10-14H2,1H3. The average Bonchev–Trinajstić information content (AvgIpc) is 2.63. The number of aryl methyl sites for hydroxylation is 1. The molecule has 0 aromatic heterocycles. The molecule has 2 aromatic carbocycles. The molecule has 26 heavy (non-hydrogen) atoms. The number of rotatable bonds is 5. The van der Waals surface area contributed by atoms with Gasteiger partial charge in [-0.25, -0.2) is 8.42 Å². The molecule has 1 aliphatic rings. The van der Waals surface area contributed by atoms with Gasteiger partial charge in [-0.3, -0.25) is 15.0 Å². The van der Waals surface area contributed by atoms with Crippen molar-refractivity contribution in [3.05, 3.63) is 69.8 Å². The van der Waals surface area contributed by atoms with E-state index in [4.69, 9.17) is 0 Å². The number of hydrogen-bond donors (Lipinski definition) is 0. The third-order valence-corrected chi connectivity index (χ3v) is 6.49. The van der Waals surface area contributed by atoms with Crippen molar-refractivity contribution in [2.45, 2.75) is 18.4 Å². The third kappa shape index (κ3) is 3.92. The first-order valence-corrected chi connectivity index (χ1v) is 9.83. The predicted molar refractivity (Wildman–Crippen MR) is 98.3 cm³/mol. The Hall–Kier alpha value is -2.29. The lowest BCUT2D eigenvalue weighted by molar-refractivity contribution is -0.385. The Balaban J connectivity index is 1.66. The largest absolute Gasteiger partial charge is 0.296 e. The molecule has 1 fully saturated rings. The van der Waals surface area contributed by atoms with Gasteiger partial charge in [0.25, 0.3) is 5.69 Å². The first-order chi connectivity index (χ1) is 12.4. The van der Waals surface area contributed by atoms with E-state index in [9.17, 15) is 18.5 Å². The molecule has 1 saturated heterocycles. The van der Waals surface area contributed by atoms with Crippen LogP contribution in [0.5, 0.6) is 0 Å². The normalized spacial score (nSPS) is 16.5. The van der Waals surface area contributed by atoms with Crippen LogP contribution in [0.2, 0.25) is 0 Å². The van der Waals surface area contributed by atoms with E-state index in [2.05, 4.69) is 0 Å². The van der Waals surface area contributed by atoms with E-state index in [1.165, 1.54) is 10.4 Å². The Kier molecular flexibility index (Phi) is 5.36. The molecule has 138 valence electrons. The average molecular weight is 375 g/mol. The van der Waals surface area contributed by atoms with Gasteiger partial charge in [0.2, 0.25) is 10.0 Å². The van der Waals surface area contributed by atoms with E-state index in [0.29, 0.717) is 43.2 Å². The lowest BCUT2D eigenvalue weighted by atomic mass is 10.1. The number of nitro benzene ring substituents is 1. The van der Waals surface area contributed by atoms with Gasteiger partial charge in [0.1, 0.15) is 0 Å². The van der Waals surface area contributed by atoms with Crippen LogP contribution < -0.4 is 0 Å². The summed E-state index contributed by atoms with van der Waals surface area (Å²) in [6.07, 6.45) is 0. The number of hydrogen-bond acceptors (Lipinski definition) is 5. The molecule has 0 radical (unpaired) electrons. The molecule has 8 heteroatoms. The molecule has 1 aliphatic heterocycles. The lowest BCUT2D eigenvalue weighted by Gasteiger charge is -2.33. The van der Waals surface area contributed by atoms with Gasteiger partial charge in [-0.2, -0.15) is 4.31 Å². The molecule has 0 amide bonds. The quantitative estimate of drug-likeness (QED) is 0.592. The van der Waals surface area contributed by atoms with Crippen molar-refractivity contribution in [3.8, 4) is 0 Å². The molecule has 0 spiro atoms. The summed E-state index contributed by atoms with van der Waals surface area (Å²) < 4.78 is 26.9. The summed E-state index contributed by atoms with van der Waals surface area (Å²) in [6.45, 7) is 4.18. The van der Waals surface area contributed by atoms with Crippen LogP contribution in [0.15, 0.2) is 53.4 Å². The fourth-order valence-electron chi connectivity index (χ4n) is 3.05. The second kappa shape index (κ2) is 7.53. The Morgan fingerprint density at radius 1 is 1.00 bits per heavy atom. The highest BCUT2D eigenvalue weighted by Crippen LogP contribution is 2.22. The summed E-state index contributed by atoms with van der Waals surface area (Å²) in [5.41, 5.74) is 1.76. The fourth-order valence-corrected chi connectivity index (χ4v) is 4.47. The SMILES string of the molecule is Cc1ccc(S(=O)(=O)N2CCN(Cc3ccccc3[N+](=O)[O-])CC2)cc1. The van der Waals surface area contributed by atoms with E-state index in [0.717, 1.165) is 5.56 Å². The first kappa shape index (κ1) is 18.5. The molecule has 0 atom stereocenters. The van der Waals surface area contributed by atoms with Crippen molar-refractivity contribution in [3.63, 3.8) is 0 Å². The minimum absolute atomic E-state index is 0.0993. The lowest BCUT2D eigenvalue weighted by Crippen LogP contribution is -2.48. The van der Waals surface area contributed by atoms with Crippen LogP contribution in [0.4, 0.5) is 5.69 Å². The summed E-state index contributed by atoms with van der Waals surface area (Å²) in [5.74, 6) is 0. The van der Waals surface area contributed by atoms with Gasteiger partial charge in [0.15, 0.2) is 0 Å². The maximum atomic E-state index is 12.7. The zero-order valence-electron chi connectivity index (χ0n) is 14.5. The Morgan fingerprint density at radius 2 is 1.62 bits per heavy atom. The van der Waals surface area contributed by atoms with Crippen LogP contribution in [0.3, 0.4) is 0 Å². The number of piperazine rings is 1. The van der Waals surface area contributed by atoms with E-state index in [1.807, 2.05) is 11.8 Å². The van der Waals surface area contributed by atoms with Crippen LogP contribution in [0, 0.1) is 17.0 Å². The molecule has 2 aromatic rings. The Morgan fingerprint density at radius 3 is 2.23 bits per heavy atom. The zero-order valence-corrected chi connectivity index (χ0v) is 15.4. The molecule has 0 N–H and O–H groups in total. The molecule has 0 bridgehead atoms. The van der Waals surface area contributed by atoms with Crippen LogP contribution in [0.1, 0.15) is 11.1 Å². The summed E-state index contributed by atoms with van der Waals surface area (Å²) in [5, 5.41) is 11.1. The molecule has 0 unspecified atom stereocenters. The number of sulfonamides is 1. The van der Waals surface area contributed by atoms with Crippen molar-refractivity contribution >= 4 is 15.7 Å². The van der Waals surface area contributed by atoms with Crippen molar-refractivity contribution in [2.75, 3.05) is 26.2 Å². The van der Waals surface area contributed by atoms with Crippen LogP contribution in [-0.4, -0.2) is 48.7 Å². The topological polar surface area (TPSA) is 83.8 Å². The van der Waals surface area contributed by atoms with Crippen molar-refractivity contribution in [2.24, 2.45) is 0 Å². The highest BCUT2D eigenvalue weighted by molar-refractivity contribution is 7.89. The van der Waals surface area contributed by atoms with E-state index in [-0.39, 0.29) is 10.6 Å². The van der Waals surface area contributed by atoms with E-state index < -0.39 is 10.0 Å². The van der Waals surface area contributed by atoms with Crippen molar-refractivity contribution in [1.29, 1.82) is 0 Å². The van der Waals surface area contributed by atoms with Gasteiger partial charge in [0, 0.05) is 44.4 Å². The monoisotopic (exact) mass is 375 g/mol. The van der Waals surface area contributed by atoms with E-state index in [1.54, 1.807) is 42.5 Å². The van der Waals surface area contributed by atoms with Crippen LogP contribution in [0.25, 0.3) is 0 Å². The van der Waals surface area contributed by atoms with Crippen molar-refractivity contribution in [1.82, 2.24) is 9.21 Å². The summed E-state index contributed by atoms with van der Waals surface area (Å²) in [6, 6.07) is 13.5. The first-order valence-electron chi connectivity index (χ1n) is 8.39. The predicted octanol–water partition coefficient (Wildman–Crippen LogP) is 2.41. The summed E-state index contributed by atoms with van der Waals surface area (Å²) in [4.78, 5) is 13.1. The van der Waals surface area contributed by atoms with Gasteiger partial charge in [-0.1, -0.05) is 35.9 Å². The minimum Gasteiger partial charge on any atom is -0.296 e. The molecular formula is C18H21N3O4S. The van der Waals surface area contributed by atoms with Crippen LogP contribution in [-0.2, 0) is 16.6 Å². The van der Waals surface area contributed by atoms with E-state index >= 15 is 0 Å². The third-order valence-electron chi connectivity index (χ3n) is 4.57. The van der Waals surface area contributed by atoms with Gasteiger partial charge >= 0.3 is 0 Å². The smallest absolute Gasteiger partial charge is 0.273 e. The highest BCUT2D eigenvalue weighted by Gasteiger charge is 2.29. The second-order valence-corrected chi connectivity index (χ2v) is 8.32. The number of nitro groups is 1. The molecule has 1 heterocycles. The zero-order chi connectivity index (χ0) is 18.7. The van der Waals surface area contributed by atoms with Crippen molar-refractivity contribution < 1.29 is 13.3 Å². The molecule has 0 saturated carbocycles. The van der Waals surface area contributed by atoms with Gasteiger partial charge in [0.05, 0.1) is 9.82 Å². The highest BCUT2D eigenvalue weighted by atomic mass is 32.2. The van der Waals surface area contributed by atoms with Gasteiger partial charge in [-0.05, 0) is 19.1 Å². The second-order valence-electron chi connectivity index (χ2n) is 6.38. The van der Waals surface area contributed by atoms with Crippen LogP contribution >= 0.6 is 0 Å². The molecular weight excluding hydrogens is 354 g/mol. The summed E-state index contributed by atoms with van der Waals surface area (Å²) in [7, 11) is -3.50. The number of nitrogens with zero attached hydrogens (tertiary/aromatic N) is 3. The maximum Gasteiger partial charge on any atom is 0.273 e. The molecule has 3 rings (SSSR count). The van der Waals surface area contributed by atoms with Gasteiger partial charge in [-0.15, -0.1) is 0 Å². The summed E-state index contributed by atoms with van der Waals surface area (Å²) >= 11 is 0. The Labute approximate surface area is 153 Å². The number of para-hydroxylation sites is 1. The maximum absolute atomic E-state index is 12.7. The minimum atomic E-state index is -3.50. The fraction of sp³-hybridized carbons (Fsp3) is 0.333. The number of benzene rings is 2.